The normalized spacial score (nSPS) is 18.1. The predicted molar refractivity (Wildman–Crippen MR) is 47.7 cm³/mol. The second kappa shape index (κ2) is 3.30. The van der Waals surface area contributed by atoms with Gasteiger partial charge in [-0.3, -0.25) is 4.79 Å². The maximum atomic E-state index is 11.7. The minimum absolute atomic E-state index is 0.210. The van der Waals surface area contributed by atoms with Crippen LogP contribution in [0.4, 0.5) is 0 Å². The molecule has 0 spiro atoms. The first-order valence-corrected chi connectivity index (χ1v) is 4.37. The van der Waals surface area contributed by atoms with Crippen molar-refractivity contribution in [3.8, 4) is 0 Å². The minimum Gasteiger partial charge on any atom is -0.501 e. The summed E-state index contributed by atoms with van der Waals surface area (Å²) in [4.78, 5) is 11.7. The Labute approximate surface area is 73.6 Å². The van der Waals surface area contributed by atoms with Gasteiger partial charge in [0.05, 0.1) is 12.9 Å². The van der Waals surface area contributed by atoms with Crippen LogP contribution >= 0.6 is 0 Å². The largest absolute Gasteiger partial charge is 0.501 e. The summed E-state index contributed by atoms with van der Waals surface area (Å²) in [5.74, 6) is 0.210. The molecule has 0 fully saturated rings. The first kappa shape index (κ1) is 9.30. The van der Waals surface area contributed by atoms with E-state index in [4.69, 9.17) is 4.74 Å². The van der Waals surface area contributed by atoms with Crippen molar-refractivity contribution in [2.24, 2.45) is 5.41 Å². The Hall–Kier alpha value is -0.790. The van der Waals surface area contributed by atoms with Gasteiger partial charge in [-0.2, -0.15) is 0 Å². The maximum absolute atomic E-state index is 11.7. The Kier molecular flexibility index (Phi) is 2.55. The SMILES string of the molecule is CC(C)(C)C(=O)C1=COCCC1. The summed E-state index contributed by atoms with van der Waals surface area (Å²) in [6.07, 6.45) is 3.46. The average molecular weight is 168 g/mol. The van der Waals surface area contributed by atoms with Gasteiger partial charge in [0, 0.05) is 11.0 Å². The first-order valence-electron chi connectivity index (χ1n) is 4.37. The monoisotopic (exact) mass is 168 g/mol. The molecular formula is C10H16O2. The molecule has 68 valence electrons. The third-order valence-electron chi connectivity index (χ3n) is 1.91. The number of rotatable bonds is 1. The lowest BCUT2D eigenvalue weighted by molar-refractivity contribution is -0.123. The predicted octanol–water partition coefficient (Wildman–Crippen LogP) is 2.30. The highest BCUT2D eigenvalue weighted by atomic mass is 16.5. The van der Waals surface area contributed by atoms with Crippen LogP contribution in [0.3, 0.4) is 0 Å². The third kappa shape index (κ3) is 2.10. The van der Waals surface area contributed by atoms with Crippen LogP contribution in [-0.2, 0) is 9.53 Å². The molecule has 0 bridgehead atoms. The summed E-state index contributed by atoms with van der Waals surface area (Å²) in [5.41, 5.74) is 0.570. The Morgan fingerprint density at radius 3 is 2.58 bits per heavy atom. The smallest absolute Gasteiger partial charge is 0.167 e. The molecular weight excluding hydrogens is 152 g/mol. The molecule has 0 aliphatic carbocycles. The minimum atomic E-state index is -0.271. The summed E-state index contributed by atoms with van der Waals surface area (Å²) in [5, 5.41) is 0. The van der Waals surface area contributed by atoms with Gasteiger partial charge < -0.3 is 4.74 Å². The molecule has 0 atom stereocenters. The van der Waals surface area contributed by atoms with Crippen LogP contribution in [0.15, 0.2) is 11.8 Å². The Bertz CT molecular complexity index is 208. The van der Waals surface area contributed by atoms with Crippen molar-refractivity contribution in [2.45, 2.75) is 33.6 Å². The quantitative estimate of drug-likeness (QED) is 0.600. The number of ether oxygens (including phenoxy) is 1. The van der Waals surface area contributed by atoms with Gasteiger partial charge in [0.15, 0.2) is 5.78 Å². The highest BCUT2D eigenvalue weighted by Gasteiger charge is 2.25. The fourth-order valence-corrected chi connectivity index (χ4v) is 1.21. The van der Waals surface area contributed by atoms with E-state index in [1.165, 1.54) is 0 Å². The van der Waals surface area contributed by atoms with Crippen LogP contribution in [0.5, 0.6) is 0 Å². The second-order valence-electron chi connectivity index (χ2n) is 4.20. The Morgan fingerprint density at radius 2 is 2.17 bits per heavy atom. The standard InChI is InChI=1S/C10H16O2/c1-10(2,3)9(11)8-5-4-6-12-7-8/h7H,4-6H2,1-3H3. The summed E-state index contributed by atoms with van der Waals surface area (Å²) in [6, 6.07) is 0. The van der Waals surface area contributed by atoms with Crippen LogP contribution in [0.1, 0.15) is 33.6 Å². The summed E-state index contributed by atoms with van der Waals surface area (Å²) in [6.45, 7) is 6.56. The van der Waals surface area contributed by atoms with Gasteiger partial charge in [-0.05, 0) is 12.8 Å². The zero-order chi connectivity index (χ0) is 9.19. The Morgan fingerprint density at radius 1 is 1.50 bits per heavy atom. The molecule has 0 saturated heterocycles. The van der Waals surface area contributed by atoms with E-state index in [-0.39, 0.29) is 11.2 Å². The lowest BCUT2D eigenvalue weighted by Crippen LogP contribution is -2.23. The van der Waals surface area contributed by atoms with Gasteiger partial charge in [0.1, 0.15) is 0 Å². The van der Waals surface area contributed by atoms with Gasteiger partial charge in [-0.1, -0.05) is 20.8 Å². The van der Waals surface area contributed by atoms with Gasteiger partial charge in [-0.15, -0.1) is 0 Å². The number of ketones is 1. The van der Waals surface area contributed by atoms with Gasteiger partial charge >= 0.3 is 0 Å². The van der Waals surface area contributed by atoms with Crippen molar-refractivity contribution >= 4 is 5.78 Å². The lowest BCUT2D eigenvalue weighted by Gasteiger charge is -2.20. The van der Waals surface area contributed by atoms with Crippen molar-refractivity contribution in [3.63, 3.8) is 0 Å². The number of Topliss-reactive ketones (excluding diaryl/α,β-unsaturated/α-hetero) is 1. The van der Waals surface area contributed by atoms with Crippen LogP contribution in [0.25, 0.3) is 0 Å². The van der Waals surface area contributed by atoms with Crippen molar-refractivity contribution in [3.05, 3.63) is 11.8 Å². The zero-order valence-corrected chi connectivity index (χ0v) is 8.02. The molecule has 2 heteroatoms. The fraction of sp³-hybridized carbons (Fsp3) is 0.700. The molecule has 0 radical (unpaired) electrons. The van der Waals surface area contributed by atoms with E-state index < -0.39 is 0 Å². The highest BCUT2D eigenvalue weighted by Crippen LogP contribution is 2.24. The highest BCUT2D eigenvalue weighted by molar-refractivity contribution is 5.98. The van der Waals surface area contributed by atoms with E-state index in [1.807, 2.05) is 20.8 Å². The molecule has 12 heavy (non-hydrogen) atoms. The lowest BCUT2D eigenvalue weighted by atomic mass is 9.85. The first-order chi connectivity index (χ1) is 5.52. The van der Waals surface area contributed by atoms with Crippen molar-refractivity contribution in [2.75, 3.05) is 6.61 Å². The van der Waals surface area contributed by atoms with E-state index >= 15 is 0 Å². The average Bonchev–Trinajstić information content (AvgIpc) is 2.03. The van der Waals surface area contributed by atoms with E-state index in [2.05, 4.69) is 0 Å². The molecule has 2 nitrogen and oxygen atoms in total. The number of hydrogen-bond donors (Lipinski definition) is 0. The molecule has 1 aliphatic rings. The van der Waals surface area contributed by atoms with Crippen LogP contribution < -0.4 is 0 Å². The van der Waals surface area contributed by atoms with Gasteiger partial charge in [-0.25, -0.2) is 0 Å². The summed E-state index contributed by atoms with van der Waals surface area (Å²) in [7, 11) is 0. The third-order valence-corrected chi connectivity index (χ3v) is 1.91. The van der Waals surface area contributed by atoms with Crippen molar-refractivity contribution in [1.29, 1.82) is 0 Å². The van der Waals surface area contributed by atoms with Crippen LogP contribution in [0.2, 0.25) is 0 Å². The molecule has 0 unspecified atom stereocenters. The second-order valence-corrected chi connectivity index (χ2v) is 4.20. The summed E-state index contributed by atoms with van der Waals surface area (Å²) < 4.78 is 5.12. The molecule has 0 saturated carbocycles. The van der Waals surface area contributed by atoms with E-state index in [9.17, 15) is 4.79 Å². The van der Waals surface area contributed by atoms with Gasteiger partial charge in [0.25, 0.3) is 0 Å². The number of carbonyl (C=O) groups is 1. The zero-order valence-electron chi connectivity index (χ0n) is 8.02. The molecule has 1 heterocycles. The number of carbonyl (C=O) groups excluding carboxylic acids is 1. The molecule has 0 aromatic carbocycles. The van der Waals surface area contributed by atoms with Crippen LogP contribution in [-0.4, -0.2) is 12.4 Å². The fourth-order valence-electron chi connectivity index (χ4n) is 1.21. The van der Waals surface area contributed by atoms with Gasteiger partial charge in [0.2, 0.25) is 0 Å². The molecule has 1 rings (SSSR count). The summed E-state index contributed by atoms with van der Waals surface area (Å²) >= 11 is 0. The van der Waals surface area contributed by atoms with E-state index in [1.54, 1.807) is 6.26 Å². The number of hydrogen-bond acceptors (Lipinski definition) is 2. The molecule has 0 N–H and O–H groups in total. The Balaban J connectivity index is 2.70. The molecule has 1 aliphatic heterocycles. The van der Waals surface area contributed by atoms with Crippen molar-refractivity contribution < 1.29 is 9.53 Å². The topological polar surface area (TPSA) is 26.3 Å². The molecule has 0 aromatic heterocycles. The molecule has 0 aromatic rings. The maximum Gasteiger partial charge on any atom is 0.167 e. The van der Waals surface area contributed by atoms with E-state index in [0.29, 0.717) is 0 Å². The van der Waals surface area contributed by atoms with Crippen molar-refractivity contribution in [1.82, 2.24) is 0 Å². The number of allylic oxidation sites excluding steroid dienone is 1. The van der Waals surface area contributed by atoms with Crippen LogP contribution in [0, 0.1) is 5.41 Å². The van der Waals surface area contributed by atoms with E-state index in [0.717, 1.165) is 25.0 Å². The molecule has 0 amide bonds.